The van der Waals surface area contributed by atoms with Crippen LogP contribution in [0.4, 0.5) is 5.69 Å². The molecule has 1 heterocycles. The van der Waals surface area contributed by atoms with E-state index in [4.69, 9.17) is 0 Å². The number of amides is 3. The number of carbonyl (C=O) groups is 3. The molecule has 118 valence electrons. The third kappa shape index (κ3) is 4.39. The Kier molecular flexibility index (Phi) is 5.66. The second-order valence-corrected chi connectivity index (χ2v) is 5.22. The fraction of sp³-hybridized carbons (Fsp3) is 0.438. The van der Waals surface area contributed by atoms with Crippen LogP contribution in [0.1, 0.15) is 31.7 Å². The van der Waals surface area contributed by atoms with Crippen molar-refractivity contribution < 1.29 is 14.4 Å². The van der Waals surface area contributed by atoms with Crippen LogP contribution in [-0.4, -0.2) is 35.7 Å². The molecule has 1 aliphatic rings. The molecule has 22 heavy (non-hydrogen) atoms. The number of likely N-dealkylation sites (tertiary alicyclic amines) is 1. The van der Waals surface area contributed by atoms with Crippen LogP contribution < -0.4 is 10.6 Å². The number of anilines is 1. The molecule has 6 heteroatoms. The van der Waals surface area contributed by atoms with Gasteiger partial charge in [0.25, 0.3) is 0 Å². The van der Waals surface area contributed by atoms with Gasteiger partial charge in [-0.3, -0.25) is 19.3 Å². The molecule has 1 aliphatic heterocycles. The van der Waals surface area contributed by atoms with E-state index >= 15 is 0 Å². The first-order chi connectivity index (χ1) is 10.6. The highest BCUT2D eigenvalue weighted by Crippen LogP contribution is 2.13. The van der Waals surface area contributed by atoms with Gasteiger partial charge in [0.2, 0.25) is 17.7 Å². The Morgan fingerprint density at radius 1 is 1.23 bits per heavy atom. The van der Waals surface area contributed by atoms with E-state index < -0.39 is 0 Å². The van der Waals surface area contributed by atoms with Crippen molar-refractivity contribution in [3.63, 3.8) is 0 Å². The summed E-state index contributed by atoms with van der Waals surface area (Å²) in [5.41, 5.74) is 1.81. The van der Waals surface area contributed by atoms with Crippen LogP contribution >= 0.6 is 0 Å². The fourth-order valence-corrected chi connectivity index (χ4v) is 2.34. The maximum atomic E-state index is 11.9. The van der Waals surface area contributed by atoms with Crippen LogP contribution in [0.25, 0.3) is 0 Å². The Morgan fingerprint density at radius 3 is 2.64 bits per heavy atom. The predicted octanol–water partition coefficient (Wildman–Crippen LogP) is 1.27. The zero-order chi connectivity index (χ0) is 15.9. The lowest BCUT2D eigenvalue weighted by molar-refractivity contribution is -0.138. The van der Waals surface area contributed by atoms with Crippen LogP contribution in [0.2, 0.25) is 0 Å². The van der Waals surface area contributed by atoms with Gasteiger partial charge < -0.3 is 10.6 Å². The molecule has 0 radical (unpaired) electrons. The zero-order valence-electron chi connectivity index (χ0n) is 12.7. The van der Waals surface area contributed by atoms with E-state index in [1.807, 2.05) is 31.2 Å². The molecule has 0 aromatic heterocycles. The number of rotatable bonds is 7. The summed E-state index contributed by atoms with van der Waals surface area (Å²) in [4.78, 5) is 36.0. The third-order valence-corrected chi connectivity index (χ3v) is 3.51. The highest BCUT2D eigenvalue weighted by Gasteiger charge is 2.28. The minimum Gasteiger partial charge on any atom is -0.326 e. The van der Waals surface area contributed by atoms with Crippen molar-refractivity contribution in [3.8, 4) is 0 Å². The minimum absolute atomic E-state index is 0.120. The molecule has 3 amide bonds. The van der Waals surface area contributed by atoms with Gasteiger partial charge in [-0.15, -0.1) is 0 Å². The second-order valence-electron chi connectivity index (χ2n) is 5.22. The van der Waals surface area contributed by atoms with Crippen molar-refractivity contribution in [2.24, 2.45) is 0 Å². The van der Waals surface area contributed by atoms with Crippen molar-refractivity contribution in [2.45, 2.75) is 32.7 Å². The van der Waals surface area contributed by atoms with Crippen molar-refractivity contribution in [3.05, 3.63) is 29.8 Å². The number of benzene rings is 1. The van der Waals surface area contributed by atoms with Gasteiger partial charge in [-0.05, 0) is 24.2 Å². The van der Waals surface area contributed by atoms with Gasteiger partial charge in [0.1, 0.15) is 0 Å². The molecule has 2 N–H and O–H groups in total. The van der Waals surface area contributed by atoms with E-state index in [9.17, 15) is 14.4 Å². The summed E-state index contributed by atoms with van der Waals surface area (Å²) < 4.78 is 0. The van der Waals surface area contributed by atoms with Crippen LogP contribution in [0.3, 0.4) is 0 Å². The number of hydrogen-bond donors (Lipinski definition) is 2. The molecular weight excluding hydrogens is 282 g/mol. The van der Waals surface area contributed by atoms with Gasteiger partial charge in [0.05, 0.1) is 0 Å². The number of imide groups is 1. The lowest BCUT2D eigenvalue weighted by Gasteiger charge is -2.13. The largest absolute Gasteiger partial charge is 0.326 e. The third-order valence-electron chi connectivity index (χ3n) is 3.51. The first-order valence-electron chi connectivity index (χ1n) is 7.53. The van der Waals surface area contributed by atoms with Crippen molar-refractivity contribution >= 4 is 23.4 Å². The topological polar surface area (TPSA) is 78.5 Å². The molecule has 0 aliphatic carbocycles. The first kappa shape index (κ1) is 16.2. The standard InChI is InChI=1S/C16H21N3O3/c1-2-17-11-12-4-3-5-13(10-12)18-14(20)8-9-19-15(21)6-7-16(19)22/h3-5,10,17H,2,6-9,11H2,1H3,(H,18,20). The SMILES string of the molecule is CCNCc1cccc(NC(=O)CCN2C(=O)CCC2=O)c1. The molecule has 0 atom stereocenters. The summed E-state index contributed by atoms with van der Waals surface area (Å²) in [6, 6.07) is 7.60. The summed E-state index contributed by atoms with van der Waals surface area (Å²) >= 11 is 0. The molecule has 1 fully saturated rings. The number of nitrogens with zero attached hydrogens (tertiary/aromatic N) is 1. The summed E-state index contributed by atoms with van der Waals surface area (Å²) in [6.07, 6.45) is 0.634. The minimum atomic E-state index is -0.201. The Bertz CT molecular complexity index is 556. The van der Waals surface area contributed by atoms with E-state index in [2.05, 4.69) is 10.6 Å². The molecule has 0 spiro atoms. The quantitative estimate of drug-likeness (QED) is 0.744. The van der Waals surface area contributed by atoms with Crippen molar-refractivity contribution in [1.29, 1.82) is 0 Å². The smallest absolute Gasteiger partial charge is 0.229 e. The van der Waals surface area contributed by atoms with E-state index in [0.29, 0.717) is 0 Å². The lowest BCUT2D eigenvalue weighted by atomic mass is 10.2. The summed E-state index contributed by atoms with van der Waals surface area (Å²) in [5.74, 6) is -0.580. The average molecular weight is 303 g/mol. The van der Waals surface area contributed by atoms with E-state index in [0.717, 1.165) is 24.3 Å². The highest BCUT2D eigenvalue weighted by molar-refractivity contribution is 6.02. The van der Waals surface area contributed by atoms with Crippen LogP contribution in [0.5, 0.6) is 0 Å². The van der Waals surface area contributed by atoms with E-state index in [1.54, 1.807) is 0 Å². The Hall–Kier alpha value is -2.21. The Labute approximate surface area is 129 Å². The summed E-state index contributed by atoms with van der Waals surface area (Å²) in [7, 11) is 0. The van der Waals surface area contributed by atoms with Crippen LogP contribution in [0, 0.1) is 0 Å². The average Bonchev–Trinajstić information content (AvgIpc) is 2.82. The molecule has 0 bridgehead atoms. The van der Waals surface area contributed by atoms with E-state index in [1.165, 1.54) is 4.90 Å². The lowest BCUT2D eigenvalue weighted by Crippen LogP contribution is -2.32. The monoisotopic (exact) mass is 303 g/mol. The van der Waals surface area contributed by atoms with Gasteiger partial charge >= 0.3 is 0 Å². The highest BCUT2D eigenvalue weighted by atomic mass is 16.2. The van der Waals surface area contributed by atoms with Crippen LogP contribution in [-0.2, 0) is 20.9 Å². The molecule has 0 unspecified atom stereocenters. The molecule has 1 aromatic carbocycles. The first-order valence-corrected chi connectivity index (χ1v) is 7.53. The van der Waals surface area contributed by atoms with E-state index in [-0.39, 0.29) is 43.5 Å². The summed E-state index contributed by atoms with van der Waals surface area (Å²) in [5, 5.41) is 6.02. The predicted molar refractivity (Wildman–Crippen MR) is 83.0 cm³/mol. The molecule has 2 rings (SSSR count). The molecule has 0 saturated carbocycles. The zero-order valence-corrected chi connectivity index (χ0v) is 12.7. The van der Waals surface area contributed by atoms with Gasteiger partial charge in [-0.2, -0.15) is 0 Å². The second kappa shape index (κ2) is 7.70. The Balaban J connectivity index is 1.84. The number of carbonyl (C=O) groups excluding carboxylic acids is 3. The number of hydrogen-bond acceptors (Lipinski definition) is 4. The normalized spacial score (nSPS) is 14.5. The Morgan fingerprint density at radius 2 is 1.95 bits per heavy atom. The molecule has 1 saturated heterocycles. The van der Waals surface area contributed by atoms with Gasteiger partial charge in [-0.1, -0.05) is 19.1 Å². The maximum Gasteiger partial charge on any atom is 0.229 e. The summed E-state index contributed by atoms with van der Waals surface area (Å²) in [6.45, 7) is 3.82. The van der Waals surface area contributed by atoms with Crippen molar-refractivity contribution in [1.82, 2.24) is 10.2 Å². The van der Waals surface area contributed by atoms with Gasteiger partial charge in [0.15, 0.2) is 0 Å². The fourth-order valence-electron chi connectivity index (χ4n) is 2.34. The van der Waals surface area contributed by atoms with Gasteiger partial charge in [-0.25, -0.2) is 0 Å². The molecule has 1 aromatic rings. The number of nitrogens with one attached hydrogen (secondary N) is 2. The molecule has 6 nitrogen and oxygen atoms in total. The van der Waals surface area contributed by atoms with Crippen LogP contribution in [0.15, 0.2) is 24.3 Å². The molecular formula is C16H21N3O3. The maximum absolute atomic E-state index is 11.9. The van der Waals surface area contributed by atoms with Crippen molar-refractivity contribution in [2.75, 3.05) is 18.4 Å². The van der Waals surface area contributed by atoms with Gasteiger partial charge in [0, 0.05) is 38.0 Å².